The molecule has 0 radical (unpaired) electrons. The predicted molar refractivity (Wildman–Crippen MR) is 132 cm³/mol. The fraction of sp³-hybridized carbons (Fsp3) is 0.240. The molecule has 0 saturated carbocycles. The molecule has 0 fully saturated rings. The van der Waals surface area contributed by atoms with Gasteiger partial charge in [-0.15, -0.1) is 0 Å². The Balaban J connectivity index is 1.92. The van der Waals surface area contributed by atoms with Crippen LogP contribution in [0.2, 0.25) is 0 Å². The van der Waals surface area contributed by atoms with Crippen LogP contribution in [0.1, 0.15) is 5.56 Å². The third-order valence-electron chi connectivity index (χ3n) is 5.26. The number of sulfonamides is 1. The molecule has 0 aliphatic rings. The molecule has 0 bridgehead atoms. The van der Waals surface area contributed by atoms with Crippen molar-refractivity contribution in [3.05, 3.63) is 72.3 Å². The Morgan fingerprint density at radius 1 is 0.800 bits per heavy atom. The molecule has 9 nitrogen and oxygen atoms in total. The highest BCUT2D eigenvalue weighted by atomic mass is 32.2. The van der Waals surface area contributed by atoms with Gasteiger partial charge in [-0.3, -0.25) is 9.10 Å². The number of methoxy groups -OCH3 is 4. The fourth-order valence-corrected chi connectivity index (χ4v) is 4.83. The second-order valence-corrected chi connectivity index (χ2v) is 9.18. The zero-order chi connectivity index (χ0) is 25.4. The van der Waals surface area contributed by atoms with Gasteiger partial charge in [0.15, 0.2) is 11.5 Å². The molecular formula is C25H28N2O7S. The Morgan fingerprint density at radius 2 is 1.46 bits per heavy atom. The summed E-state index contributed by atoms with van der Waals surface area (Å²) in [6, 6.07) is 17.9. The highest BCUT2D eigenvalue weighted by Gasteiger charge is 2.28. The molecule has 0 saturated heterocycles. The van der Waals surface area contributed by atoms with E-state index in [1.54, 1.807) is 37.4 Å². The summed E-state index contributed by atoms with van der Waals surface area (Å²) in [5.74, 6) is 1.33. The van der Waals surface area contributed by atoms with Crippen LogP contribution in [0, 0.1) is 0 Å². The van der Waals surface area contributed by atoms with Crippen molar-refractivity contribution in [1.29, 1.82) is 0 Å². The first kappa shape index (κ1) is 25.7. The Morgan fingerprint density at radius 3 is 2.09 bits per heavy atom. The van der Waals surface area contributed by atoms with Gasteiger partial charge in [0.1, 0.15) is 18.0 Å². The summed E-state index contributed by atoms with van der Waals surface area (Å²) in [6.07, 6.45) is 0. The molecule has 0 aromatic heterocycles. The molecule has 0 atom stereocenters. The largest absolute Gasteiger partial charge is 0.497 e. The molecule has 3 rings (SSSR count). The molecule has 3 aromatic carbocycles. The van der Waals surface area contributed by atoms with Crippen LogP contribution in [-0.2, 0) is 21.4 Å². The lowest BCUT2D eigenvalue weighted by Gasteiger charge is -2.25. The zero-order valence-electron chi connectivity index (χ0n) is 20.0. The lowest BCUT2D eigenvalue weighted by Crippen LogP contribution is -2.40. The van der Waals surface area contributed by atoms with E-state index in [0.717, 1.165) is 9.87 Å². The summed E-state index contributed by atoms with van der Waals surface area (Å²) in [5.41, 5.74) is 1.06. The number of hydrogen-bond acceptors (Lipinski definition) is 7. The number of anilines is 1. The number of carbonyl (C=O) groups excluding carboxylic acids is 1. The number of amides is 1. The smallest absolute Gasteiger partial charge is 0.264 e. The number of benzene rings is 3. The van der Waals surface area contributed by atoms with Gasteiger partial charge in [0.25, 0.3) is 10.0 Å². The van der Waals surface area contributed by atoms with Crippen molar-refractivity contribution in [3.63, 3.8) is 0 Å². The number of para-hydroxylation sites is 1. The van der Waals surface area contributed by atoms with Crippen molar-refractivity contribution in [1.82, 2.24) is 5.32 Å². The molecular weight excluding hydrogens is 472 g/mol. The number of rotatable bonds is 11. The van der Waals surface area contributed by atoms with Crippen LogP contribution in [-0.4, -0.2) is 49.3 Å². The molecule has 10 heteroatoms. The van der Waals surface area contributed by atoms with Crippen molar-refractivity contribution in [2.45, 2.75) is 11.4 Å². The SMILES string of the molecule is COc1ccc(N(CC(=O)NCc2ccccc2OC)S(=O)(=O)c2ccc(OC)c(OC)c2)cc1. The molecule has 0 heterocycles. The fourth-order valence-electron chi connectivity index (χ4n) is 3.40. The Kier molecular flexibility index (Phi) is 8.43. The quantitative estimate of drug-likeness (QED) is 0.431. The predicted octanol–water partition coefficient (Wildman–Crippen LogP) is 3.23. The normalized spacial score (nSPS) is 10.9. The van der Waals surface area contributed by atoms with Gasteiger partial charge < -0.3 is 24.3 Å². The van der Waals surface area contributed by atoms with E-state index in [9.17, 15) is 13.2 Å². The van der Waals surface area contributed by atoms with Crippen LogP contribution >= 0.6 is 0 Å². The van der Waals surface area contributed by atoms with Crippen molar-refractivity contribution in [2.75, 3.05) is 39.3 Å². The van der Waals surface area contributed by atoms with Gasteiger partial charge in [0, 0.05) is 18.2 Å². The van der Waals surface area contributed by atoms with E-state index < -0.39 is 22.5 Å². The van der Waals surface area contributed by atoms with Crippen molar-refractivity contribution in [2.24, 2.45) is 0 Å². The lowest BCUT2D eigenvalue weighted by atomic mass is 10.2. The van der Waals surface area contributed by atoms with Gasteiger partial charge in [0.05, 0.1) is 39.0 Å². The maximum absolute atomic E-state index is 13.7. The summed E-state index contributed by atoms with van der Waals surface area (Å²) in [6.45, 7) is -0.270. The van der Waals surface area contributed by atoms with E-state index in [2.05, 4.69) is 5.32 Å². The van der Waals surface area contributed by atoms with Crippen LogP contribution in [0.5, 0.6) is 23.0 Å². The monoisotopic (exact) mass is 500 g/mol. The van der Waals surface area contributed by atoms with Crippen molar-refractivity contribution < 1.29 is 32.2 Å². The summed E-state index contributed by atoms with van der Waals surface area (Å²) in [7, 11) is 1.78. The lowest BCUT2D eigenvalue weighted by molar-refractivity contribution is -0.119. The van der Waals surface area contributed by atoms with Crippen LogP contribution in [0.15, 0.2) is 71.6 Å². The molecule has 1 N–H and O–H groups in total. The third-order valence-corrected chi connectivity index (χ3v) is 7.03. The summed E-state index contributed by atoms with van der Waals surface area (Å²) >= 11 is 0. The van der Waals surface area contributed by atoms with Crippen LogP contribution in [0.3, 0.4) is 0 Å². The molecule has 186 valence electrons. The minimum absolute atomic E-state index is 0.0523. The molecule has 0 unspecified atom stereocenters. The highest BCUT2D eigenvalue weighted by molar-refractivity contribution is 7.92. The maximum atomic E-state index is 13.7. The molecule has 35 heavy (non-hydrogen) atoms. The highest BCUT2D eigenvalue weighted by Crippen LogP contribution is 2.32. The Bertz CT molecular complexity index is 1260. The average Bonchev–Trinajstić information content (AvgIpc) is 2.90. The summed E-state index contributed by atoms with van der Waals surface area (Å²) < 4.78 is 49.3. The minimum atomic E-state index is -4.15. The van der Waals surface area contributed by atoms with Crippen LogP contribution in [0.25, 0.3) is 0 Å². The van der Waals surface area contributed by atoms with E-state index in [1.807, 2.05) is 18.2 Å². The summed E-state index contributed by atoms with van der Waals surface area (Å²) in [5, 5.41) is 2.77. The van der Waals surface area contributed by atoms with Crippen molar-refractivity contribution >= 4 is 21.6 Å². The topological polar surface area (TPSA) is 103 Å². The molecule has 3 aromatic rings. The molecule has 0 aliphatic heterocycles. The first-order chi connectivity index (χ1) is 16.8. The van der Waals surface area contributed by atoms with Gasteiger partial charge in [0.2, 0.25) is 5.91 Å². The maximum Gasteiger partial charge on any atom is 0.264 e. The first-order valence-electron chi connectivity index (χ1n) is 10.6. The number of nitrogens with one attached hydrogen (secondary N) is 1. The van der Waals surface area contributed by atoms with E-state index >= 15 is 0 Å². The van der Waals surface area contributed by atoms with Gasteiger partial charge in [-0.2, -0.15) is 0 Å². The van der Waals surface area contributed by atoms with E-state index in [0.29, 0.717) is 22.9 Å². The zero-order valence-corrected chi connectivity index (χ0v) is 20.8. The Labute approximate surface area is 205 Å². The van der Waals surface area contributed by atoms with Crippen LogP contribution < -0.4 is 28.6 Å². The summed E-state index contributed by atoms with van der Waals surface area (Å²) in [4.78, 5) is 12.8. The average molecular weight is 501 g/mol. The number of nitrogens with zero attached hydrogens (tertiary/aromatic N) is 1. The second kappa shape index (κ2) is 11.5. The number of ether oxygens (including phenoxy) is 4. The van der Waals surface area contributed by atoms with Crippen LogP contribution in [0.4, 0.5) is 5.69 Å². The standard InChI is InChI=1S/C25H28N2O7S/c1-31-20-11-9-19(10-12-20)27(17-25(28)26-16-18-7-5-6-8-22(18)32-2)35(29,30)21-13-14-23(33-3)24(15-21)34-4/h5-15H,16-17H2,1-4H3,(H,26,28). The number of hydrogen-bond donors (Lipinski definition) is 1. The van der Waals surface area contributed by atoms with Gasteiger partial charge in [-0.25, -0.2) is 8.42 Å². The Hall–Kier alpha value is -3.92. The minimum Gasteiger partial charge on any atom is -0.497 e. The van der Waals surface area contributed by atoms with E-state index in [1.165, 1.54) is 39.5 Å². The van der Waals surface area contributed by atoms with E-state index in [4.69, 9.17) is 18.9 Å². The van der Waals surface area contributed by atoms with Gasteiger partial charge >= 0.3 is 0 Å². The molecule has 0 aliphatic carbocycles. The van der Waals surface area contributed by atoms with Crippen molar-refractivity contribution in [3.8, 4) is 23.0 Å². The third kappa shape index (κ3) is 5.96. The molecule has 0 spiro atoms. The van der Waals surface area contributed by atoms with Gasteiger partial charge in [-0.1, -0.05) is 18.2 Å². The number of carbonyl (C=O) groups is 1. The molecule has 1 amide bonds. The van der Waals surface area contributed by atoms with E-state index in [-0.39, 0.29) is 17.2 Å². The van der Waals surface area contributed by atoms with Gasteiger partial charge in [-0.05, 0) is 42.5 Å². The first-order valence-corrected chi connectivity index (χ1v) is 12.1. The second-order valence-electron chi connectivity index (χ2n) is 7.32.